The Hall–Kier alpha value is -2.42. The maximum Gasteiger partial charge on any atom is 0.341 e. The van der Waals surface area contributed by atoms with Gasteiger partial charge in [0.2, 0.25) is 5.91 Å². The van der Waals surface area contributed by atoms with Gasteiger partial charge in [-0.2, -0.15) is 0 Å². The van der Waals surface area contributed by atoms with Crippen LogP contribution in [-0.4, -0.2) is 55.6 Å². The van der Waals surface area contributed by atoms with Crippen LogP contribution in [0, 0.1) is 5.92 Å². The number of carbonyl (C=O) groups is 3. The molecule has 172 valence electrons. The van der Waals surface area contributed by atoms with Crippen LogP contribution in [0.5, 0.6) is 0 Å². The quantitative estimate of drug-likeness (QED) is 0.564. The molecule has 3 rings (SSSR count). The Morgan fingerprint density at radius 2 is 1.88 bits per heavy atom. The third kappa shape index (κ3) is 6.09. The Morgan fingerprint density at radius 1 is 1.16 bits per heavy atom. The summed E-state index contributed by atoms with van der Waals surface area (Å²) in [6.07, 6.45) is 1.59. The topological polar surface area (TPSA) is 84.9 Å². The number of halogens is 1. The van der Waals surface area contributed by atoms with Gasteiger partial charge in [0.15, 0.2) is 0 Å². The van der Waals surface area contributed by atoms with E-state index < -0.39 is 5.97 Å². The first-order valence-electron chi connectivity index (χ1n) is 10.7. The molecule has 1 amide bonds. The highest BCUT2D eigenvalue weighted by molar-refractivity contribution is 7.15. The minimum absolute atomic E-state index is 0.131. The smallest absolute Gasteiger partial charge is 0.341 e. The van der Waals surface area contributed by atoms with Gasteiger partial charge in [-0.05, 0) is 50.9 Å². The van der Waals surface area contributed by atoms with Crippen molar-refractivity contribution in [3.05, 3.63) is 40.2 Å². The van der Waals surface area contributed by atoms with Crippen LogP contribution in [0.25, 0.3) is 11.1 Å². The third-order valence-electron chi connectivity index (χ3n) is 5.17. The fourth-order valence-electron chi connectivity index (χ4n) is 3.72. The molecule has 32 heavy (non-hydrogen) atoms. The lowest BCUT2D eigenvalue weighted by atomic mass is 9.98. The predicted octanol–water partition coefficient (Wildman–Crippen LogP) is 4.46. The van der Waals surface area contributed by atoms with Crippen LogP contribution in [0.1, 0.15) is 37.0 Å². The summed E-state index contributed by atoms with van der Waals surface area (Å²) in [5.41, 5.74) is 1.82. The number of nitrogens with one attached hydrogen (secondary N) is 1. The lowest BCUT2D eigenvalue weighted by molar-refractivity contribution is -0.150. The van der Waals surface area contributed by atoms with E-state index in [9.17, 15) is 14.4 Å². The average Bonchev–Trinajstić information content (AvgIpc) is 3.18. The van der Waals surface area contributed by atoms with Crippen molar-refractivity contribution >= 4 is 45.8 Å². The summed E-state index contributed by atoms with van der Waals surface area (Å²) in [5.74, 6) is -1.17. The highest BCUT2D eigenvalue weighted by atomic mass is 35.5. The fourth-order valence-corrected chi connectivity index (χ4v) is 4.82. The molecule has 1 aromatic carbocycles. The van der Waals surface area contributed by atoms with Crippen molar-refractivity contribution in [2.24, 2.45) is 5.92 Å². The number of hydrogen-bond acceptors (Lipinski definition) is 7. The largest absolute Gasteiger partial charge is 0.466 e. The van der Waals surface area contributed by atoms with Gasteiger partial charge in [-0.3, -0.25) is 14.5 Å². The normalized spacial score (nSPS) is 16.4. The van der Waals surface area contributed by atoms with Crippen molar-refractivity contribution in [3.63, 3.8) is 0 Å². The van der Waals surface area contributed by atoms with Crippen molar-refractivity contribution < 1.29 is 23.9 Å². The number of thiophene rings is 1. The molecular formula is C23H27ClN2O5S. The van der Waals surface area contributed by atoms with E-state index in [4.69, 9.17) is 21.1 Å². The molecule has 7 nitrogen and oxygen atoms in total. The summed E-state index contributed by atoms with van der Waals surface area (Å²) in [6.45, 7) is 5.44. The van der Waals surface area contributed by atoms with Crippen molar-refractivity contribution in [2.75, 3.05) is 38.2 Å². The third-order valence-corrected chi connectivity index (χ3v) is 6.32. The molecule has 0 radical (unpaired) electrons. The number of esters is 2. The standard InChI is InChI=1S/C23H27ClN2O5S/c1-3-30-22(28)16-6-5-11-26(12-16)13-19(27)25-21-20(23(29)31-4-2)18(14-32-21)15-7-9-17(24)10-8-15/h7-10,14,16H,3-6,11-13H2,1-2H3,(H,25,27). The zero-order valence-electron chi connectivity index (χ0n) is 18.2. The number of carbonyl (C=O) groups excluding carboxylic acids is 3. The number of amides is 1. The molecule has 1 fully saturated rings. The SMILES string of the molecule is CCOC(=O)c1c(-c2ccc(Cl)cc2)csc1NC(=O)CN1CCCC(C(=O)OCC)C1. The molecule has 0 saturated carbocycles. The number of benzene rings is 1. The van der Waals surface area contributed by atoms with Crippen molar-refractivity contribution in [1.29, 1.82) is 0 Å². The molecule has 0 bridgehead atoms. The number of likely N-dealkylation sites (tertiary alicyclic amines) is 1. The van der Waals surface area contributed by atoms with Crippen LogP contribution < -0.4 is 5.32 Å². The van der Waals surface area contributed by atoms with Crippen LogP contribution in [0.3, 0.4) is 0 Å². The minimum atomic E-state index is -0.491. The lowest BCUT2D eigenvalue weighted by Gasteiger charge is -2.30. The lowest BCUT2D eigenvalue weighted by Crippen LogP contribution is -2.43. The molecule has 1 N–H and O–H groups in total. The number of ether oxygens (including phenoxy) is 2. The zero-order chi connectivity index (χ0) is 23.1. The molecule has 1 saturated heterocycles. The van der Waals surface area contributed by atoms with E-state index in [-0.39, 0.29) is 30.9 Å². The van der Waals surface area contributed by atoms with Gasteiger partial charge < -0.3 is 14.8 Å². The second-order valence-corrected chi connectivity index (χ2v) is 8.77. The molecule has 1 aliphatic rings. The van der Waals surface area contributed by atoms with Gasteiger partial charge in [0.1, 0.15) is 10.6 Å². The second kappa shape index (κ2) is 11.4. The zero-order valence-corrected chi connectivity index (χ0v) is 19.8. The Labute approximate surface area is 196 Å². The summed E-state index contributed by atoms with van der Waals surface area (Å²) in [7, 11) is 0. The van der Waals surface area contributed by atoms with Gasteiger partial charge in [-0.1, -0.05) is 23.7 Å². The van der Waals surface area contributed by atoms with E-state index in [1.165, 1.54) is 11.3 Å². The van der Waals surface area contributed by atoms with Crippen LogP contribution in [0.15, 0.2) is 29.6 Å². The first kappa shape index (κ1) is 24.2. The van der Waals surface area contributed by atoms with Gasteiger partial charge in [0, 0.05) is 22.5 Å². The second-order valence-electron chi connectivity index (χ2n) is 7.46. The van der Waals surface area contributed by atoms with E-state index in [2.05, 4.69) is 5.32 Å². The van der Waals surface area contributed by atoms with Crippen LogP contribution >= 0.6 is 22.9 Å². The van der Waals surface area contributed by atoms with E-state index in [1.807, 2.05) is 22.4 Å². The number of nitrogens with zero attached hydrogens (tertiary/aromatic N) is 1. The number of hydrogen-bond donors (Lipinski definition) is 1. The summed E-state index contributed by atoms with van der Waals surface area (Å²) < 4.78 is 10.4. The molecule has 1 aliphatic heterocycles. The van der Waals surface area contributed by atoms with Gasteiger partial charge >= 0.3 is 11.9 Å². The first-order valence-corrected chi connectivity index (χ1v) is 11.9. The minimum Gasteiger partial charge on any atom is -0.466 e. The van der Waals surface area contributed by atoms with E-state index in [0.717, 1.165) is 24.9 Å². The van der Waals surface area contributed by atoms with Gasteiger partial charge in [0.25, 0.3) is 0 Å². The molecule has 0 aliphatic carbocycles. The highest BCUT2D eigenvalue weighted by Gasteiger charge is 2.28. The molecular weight excluding hydrogens is 452 g/mol. The van der Waals surface area contributed by atoms with Crippen molar-refractivity contribution in [2.45, 2.75) is 26.7 Å². The molecule has 1 aromatic heterocycles. The predicted molar refractivity (Wildman–Crippen MR) is 125 cm³/mol. The molecule has 2 aromatic rings. The number of rotatable bonds is 8. The highest BCUT2D eigenvalue weighted by Crippen LogP contribution is 2.36. The monoisotopic (exact) mass is 478 g/mol. The summed E-state index contributed by atoms with van der Waals surface area (Å²) >= 11 is 7.26. The first-order chi connectivity index (χ1) is 15.4. The Bertz CT molecular complexity index is 960. The average molecular weight is 479 g/mol. The van der Waals surface area contributed by atoms with Gasteiger partial charge in [-0.25, -0.2) is 4.79 Å². The summed E-state index contributed by atoms with van der Waals surface area (Å²) in [4.78, 5) is 39.5. The van der Waals surface area contributed by atoms with E-state index in [1.54, 1.807) is 26.0 Å². The Kier molecular flexibility index (Phi) is 8.67. The number of piperidine rings is 1. The molecule has 1 unspecified atom stereocenters. The maximum atomic E-state index is 12.8. The van der Waals surface area contributed by atoms with Crippen LogP contribution in [-0.2, 0) is 19.1 Å². The van der Waals surface area contributed by atoms with Gasteiger partial charge in [-0.15, -0.1) is 11.3 Å². The van der Waals surface area contributed by atoms with Crippen molar-refractivity contribution in [1.82, 2.24) is 4.90 Å². The van der Waals surface area contributed by atoms with E-state index in [0.29, 0.717) is 34.3 Å². The summed E-state index contributed by atoms with van der Waals surface area (Å²) in [6, 6.07) is 7.14. The Morgan fingerprint density at radius 3 is 2.56 bits per heavy atom. The van der Waals surface area contributed by atoms with E-state index >= 15 is 0 Å². The Balaban J connectivity index is 1.73. The molecule has 9 heteroatoms. The summed E-state index contributed by atoms with van der Waals surface area (Å²) in [5, 5.41) is 5.72. The molecule has 1 atom stereocenters. The molecule has 0 spiro atoms. The van der Waals surface area contributed by atoms with Crippen LogP contribution in [0.2, 0.25) is 5.02 Å². The van der Waals surface area contributed by atoms with Gasteiger partial charge in [0.05, 0.1) is 25.7 Å². The van der Waals surface area contributed by atoms with Crippen LogP contribution in [0.4, 0.5) is 5.00 Å². The fraction of sp³-hybridized carbons (Fsp3) is 0.435. The van der Waals surface area contributed by atoms with Crippen molar-refractivity contribution in [3.8, 4) is 11.1 Å². The maximum absolute atomic E-state index is 12.8. The molecule has 2 heterocycles. The number of anilines is 1.